The van der Waals surface area contributed by atoms with E-state index in [9.17, 15) is 9.59 Å². The molecule has 1 N–H and O–H groups in total. The predicted molar refractivity (Wildman–Crippen MR) is 115 cm³/mol. The van der Waals surface area contributed by atoms with E-state index in [4.69, 9.17) is 0 Å². The van der Waals surface area contributed by atoms with Crippen molar-refractivity contribution in [1.29, 1.82) is 0 Å². The fourth-order valence-electron chi connectivity index (χ4n) is 3.90. The average Bonchev–Trinajstić information content (AvgIpc) is 2.69. The minimum atomic E-state index is -0.105. The van der Waals surface area contributed by atoms with E-state index in [1.54, 1.807) is 0 Å². The molecule has 0 atom stereocenters. The second-order valence-electron chi connectivity index (χ2n) is 8.26. The van der Waals surface area contributed by atoms with Crippen LogP contribution in [0.1, 0.15) is 46.7 Å². The number of carbonyl (C=O) groups excluding carboxylic acids is 2. The van der Waals surface area contributed by atoms with Crippen LogP contribution in [0.25, 0.3) is 0 Å². The van der Waals surface area contributed by atoms with E-state index in [2.05, 4.69) is 29.4 Å². The van der Waals surface area contributed by atoms with Crippen LogP contribution in [0.2, 0.25) is 0 Å². The van der Waals surface area contributed by atoms with Gasteiger partial charge in [-0.15, -0.1) is 0 Å². The molecular weight excluding hydrogens is 362 g/mol. The van der Waals surface area contributed by atoms with Gasteiger partial charge in [-0.05, 0) is 61.2 Å². The topological polar surface area (TPSA) is 52.6 Å². The van der Waals surface area contributed by atoms with Crippen molar-refractivity contribution in [3.05, 3.63) is 65.2 Å². The zero-order valence-electron chi connectivity index (χ0n) is 17.1. The summed E-state index contributed by atoms with van der Waals surface area (Å²) >= 11 is 0. The Hall–Kier alpha value is -2.66. The van der Waals surface area contributed by atoms with Gasteiger partial charge >= 0.3 is 0 Å². The molecule has 5 heteroatoms. The molecule has 2 aromatic rings. The summed E-state index contributed by atoms with van der Waals surface area (Å²) in [6.45, 7) is 3.45. The predicted octanol–water partition coefficient (Wildman–Crippen LogP) is 3.52. The molecule has 1 saturated carbocycles. The van der Waals surface area contributed by atoms with Crippen molar-refractivity contribution in [2.24, 2.45) is 0 Å². The monoisotopic (exact) mass is 391 g/mol. The van der Waals surface area contributed by atoms with Crippen LogP contribution in [0.15, 0.2) is 48.5 Å². The second-order valence-corrected chi connectivity index (χ2v) is 8.26. The van der Waals surface area contributed by atoms with Gasteiger partial charge in [0.15, 0.2) is 0 Å². The highest BCUT2D eigenvalue weighted by Crippen LogP contribution is 2.36. The van der Waals surface area contributed by atoms with Crippen molar-refractivity contribution in [3.8, 4) is 0 Å². The van der Waals surface area contributed by atoms with Gasteiger partial charge in [0.05, 0.1) is 6.42 Å². The van der Waals surface area contributed by atoms with Gasteiger partial charge in [0.2, 0.25) is 5.91 Å². The minimum absolute atomic E-state index is 0.105. The van der Waals surface area contributed by atoms with Gasteiger partial charge < -0.3 is 15.1 Å². The average molecular weight is 392 g/mol. The summed E-state index contributed by atoms with van der Waals surface area (Å²) < 4.78 is 0. The fourth-order valence-corrected chi connectivity index (χ4v) is 3.90. The maximum atomic E-state index is 12.5. The molecular formula is C24H29N3O2. The maximum Gasteiger partial charge on any atom is 0.255 e. The van der Waals surface area contributed by atoms with Crippen LogP contribution in [0.4, 0.5) is 5.69 Å². The Labute approximate surface area is 172 Å². The molecule has 2 amide bonds. The molecule has 1 heterocycles. The number of piperazine rings is 1. The molecule has 29 heavy (non-hydrogen) atoms. The molecule has 2 aromatic carbocycles. The molecule has 0 radical (unpaired) electrons. The fraction of sp³-hybridized carbons (Fsp3) is 0.417. The Morgan fingerprint density at radius 1 is 0.931 bits per heavy atom. The van der Waals surface area contributed by atoms with Crippen LogP contribution < -0.4 is 5.32 Å². The summed E-state index contributed by atoms with van der Waals surface area (Å²) in [6, 6.07) is 15.5. The van der Waals surface area contributed by atoms with Crippen LogP contribution in [-0.2, 0) is 11.2 Å². The standard InChI is InChI=1S/C24H29N3O2/c1-26-13-15-27(16-14-26)23(28)17-18-5-11-22(12-6-18)25-24(29)21-9-7-20(8-10-21)19-3-2-4-19/h5-12,19H,2-4,13-17H2,1H3,(H,25,29). The molecule has 0 unspecified atom stereocenters. The van der Waals surface area contributed by atoms with E-state index >= 15 is 0 Å². The van der Waals surface area contributed by atoms with Crippen molar-refractivity contribution in [1.82, 2.24) is 9.80 Å². The summed E-state index contributed by atoms with van der Waals surface area (Å²) in [5.74, 6) is 0.737. The Balaban J connectivity index is 1.30. The van der Waals surface area contributed by atoms with E-state index in [1.807, 2.05) is 41.3 Å². The Morgan fingerprint density at radius 3 is 2.17 bits per heavy atom. The first-order valence-electron chi connectivity index (χ1n) is 10.5. The maximum absolute atomic E-state index is 12.5. The lowest BCUT2D eigenvalue weighted by atomic mass is 9.80. The molecule has 0 aromatic heterocycles. The lowest BCUT2D eigenvalue weighted by Crippen LogP contribution is -2.47. The molecule has 4 rings (SSSR count). The molecule has 2 fully saturated rings. The third kappa shape index (κ3) is 4.85. The Bertz CT molecular complexity index is 849. The number of nitrogens with zero attached hydrogens (tertiary/aromatic N) is 2. The quantitative estimate of drug-likeness (QED) is 0.848. The molecule has 0 spiro atoms. The van der Waals surface area contributed by atoms with Crippen LogP contribution in [0.3, 0.4) is 0 Å². The van der Waals surface area contributed by atoms with Crippen molar-refractivity contribution >= 4 is 17.5 Å². The molecule has 1 aliphatic carbocycles. The zero-order valence-corrected chi connectivity index (χ0v) is 17.1. The highest BCUT2D eigenvalue weighted by Gasteiger charge is 2.20. The van der Waals surface area contributed by atoms with Gasteiger partial charge in [-0.3, -0.25) is 9.59 Å². The van der Waals surface area contributed by atoms with Crippen molar-refractivity contribution in [2.45, 2.75) is 31.6 Å². The minimum Gasteiger partial charge on any atom is -0.340 e. The number of hydrogen-bond acceptors (Lipinski definition) is 3. The van der Waals surface area contributed by atoms with Crippen LogP contribution in [0, 0.1) is 0 Å². The molecule has 0 bridgehead atoms. The second kappa shape index (κ2) is 8.78. The lowest BCUT2D eigenvalue weighted by molar-refractivity contribution is -0.132. The van der Waals surface area contributed by atoms with E-state index in [0.29, 0.717) is 17.9 Å². The number of rotatable bonds is 5. The van der Waals surface area contributed by atoms with Gasteiger partial charge in [-0.25, -0.2) is 0 Å². The van der Waals surface area contributed by atoms with Crippen LogP contribution >= 0.6 is 0 Å². The number of anilines is 1. The summed E-state index contributed by atoms with van der Waals surface area (Å²) in [6.07, 6.45) is 4.23. The number of likely N-dealkylation sites (N-methyl/N-ethyl adjacent to an activating group) is 1. The first-order valence-corrected chi connectivity index (χ1v) is 10.5. The summed E-state index contributed by atoms with van der Waals surface area (Å²) in [4.78, 5) is 29.1. The van der Waals surface area contributed by atoms with Gasteiger partial charge in [0.1, 0.15) is 0 Å². The van der Waals surface area contributed by atoms with Crippen molar-refractivity contribution < 1.29 is 9.59 Å². The molecule has 1 saturated heterocycles. The number of amides is 2. The smallest absolute Gasteiger partial charge is 0.255 e. The highest BCUT2D eigenvalue weighted by atomic mass is 16.2. The number of benzene rings is 2. The molecule has 1 aliphatic heterocycles. The first kappa shape index (κ1) is 19.6. The summed E-state index contributed by atoms with van der Waals surface area (Å²) in [7, 11) is 2.08. The largest absolute Gasteiger partial charge is 0.340 e. The third-order valence-electron chi connectivity index (χ3n) is 6.17. The van der Waals surface area contributed by atoms with Crippen LogP contribution in [-0.4, -0.2) is 54.8 Å². The zero-order chi connectivity index (χ0) is 20.2. The van der Waals surface area contributed by atoms with E-state index in [-0.39, 0.29) is 11.8 Å². The normalized spacial score (nSPS) is 17.6. The first-order chi connectivity index (χ1) is 14.1. The molecule has 2 aliphatic rings. The number of hydrogen-bond donors (Lipinski definition) is 1. The van der Waals surface area contributed by atoms with Gasteiger partial charge in [-0.2, -0.15) is 0 Å². The van der Waals surface area contributed by atoms with Gasteiger partial charge in [0, 0.05) is 37.4 Å². The number of nitrogens with one attached hydrogen (secondary N) is 1. The SMILES string of the molecule is CN1CCN(C(=O)Cc2ccc(NC(=O)c3ccc(C4CCC4)cc3)cc2)CC1. The van der Waals surface area contributed by atoms with E-state index in [0.717, 1.165) is 37.4 Å². The highest BCUT2D eigenvalue weighted by molar-refractivity contribution is 6.04. The van der Waals surface area contributed by atoms with E-state index < -0.39 is 0 Å². The van der Waals surface area contributed by atoms with Crippen LogP contribution in [0.5, 0.6) is 0 Å². The number of carbonyl (C=O) groups is 2. The Morgan fingerprint density at radius 2 is 1.59 bits per heavy atom. The van der Waals surface area contributed by atoms with Crippen molar-refractivity contribution in [3.63, 3.8) is 0 Å². The molecule has 5 nitrogen and oxygen atoms in total. The van der Waals surface area contributed by atoms with Gasteiger partial charge in [-0.1, -0.05) is 30.7 Å². The Kier molecular flexibility index (Phi) is 5.95. The van der Waals surface area contributed by atoms with Gasteiger partial charge in [0.25, 0.3) is 5.91 Å². The third-order valence-corrected chi connectivity index (χ3v) is 6.17. The van der Waals surface area contributed by atoms with E-state index in [1.165, 1.54) is 24.8 Å². The van der Waals surface area contributed by atoms with Crippen molar-refractivity contribution in [2.75, 3.05) is 38.5 Å². The molecule has 152 valence electrons. The summed E-state index contributed by atoms with van der Waals surface area (Å²) in [5, 5.41) is 2.94. The lowest BCUT2D eigenvalue weighted by Gasteiger charge is -2.32. The summed E-state index contributed by atoms with van der Waals surface area (Å²) in [5.41, 5.74) is 3.72.